The molecule has 3 aromatic rings. The number of aromatic amines is 1. The average Bonchev–Trinajstić information content (AvgIpc) is 3.12. The molecule has 1 aliphatic rings. The number of rotatable bonds is 6. The van der Waals surface area contributed by atoms with Crippen molar-refractivity contribution in [3.63, 3.8) is 0 Å². The van der Waals surface area contributed by atoms with Crippen LogP contribution in [0.1, 0.15) is 37.7 Å². The molecule has 1 fully saturated rings. The molecule has 0 radical (unpaired) electrons. The van der Waals surface area contributed by atoms with Gasteiger partial charge in [0.15, 0.2) is 0 Å². The molecule has 0 amide bonds. The molecule has 30 heavy (non-hydrogen) atoms. The van der Waals surface area contributed by atoms with Crippen molar-refractivity contribution < 1.29 is 17.9 Å². The number of hydrogen-bond acceptors (Lipinski definition) is 4. The first-order chi connectivity index (χ1) is 14.5. The molecule has 6 nitrogen and oxygen atoms in total. The average molecular weight is 427 g/mol. The van der Waals surface area contributed by atoms with E-state index in [1.807, 2.05) is 30.3 Å². The van der Waals surface area contributed by atoms with Gasteiger partial charge in [0, 0.05) is 16.9 Å². The van der Waals surface area contributed by atoms with Crippen molar-refractivity contribution in [1.82, 2.24) is 9.71 Å². The molecule has 1 heterocycles. The standard InChI is InChI=1S/C23H26N2O4S/c1-29-22(26)15-20-19-12-5-6-13-21(19)24-23(20)16-8-7-11-18(14-16)30(27,28)25-17-9-3-2-4-10-17/h5-8,11-14,17,24-25H,2-4,9-10,15H2,1H3. The Morgan fingerprint density at radius 1 is 1.10 bits per heavy atom. The lowest BCUT2D eigenvalue weighted by Gasteiger charge is -2.22. The lowest BCUT2D eigenvalue weighted by molar-refractivity contribution is -0.139. The summed E-state index contributed by atoms with van der Waals surface area (Å²) >= 11 is 0. The van der Waals surface area contributed by atoms with E-state index in [1.165, 1.54) is 7.11 Å². The predicted octanol–water partition coefficient (Wildman–Crippen LogP) is 4.16. The fraction of sp³-hybridized carbons (Fsp3) is 0.348. The molecule has 0 spiro atoms. The van der Waals surface area contributed by atoms with E-state index in [0.717, 1.165) is 59.8 Å². The third-order valence-corrected chi connectivity index (χ3v) is 7.24. The molecular formula is C23H26N2O4S. The molecular weight excluding hydrogens is 400 g/mol. The Kier molecular flexibility index (Phi) is 5.92. The molecule has 4 rings (SSSR count). The van der Waals surface area contributed by atoms with E-state index < -0.39 is 10.0 Å². The number of carbonyl (C=O) groups is 1. The van der Waals surface area contributed by atoms with E-state index in [-0.39, 0.29) is 23.3 Å². The van der Waals surface area contributed by atoms with Crippen molar-refractivity contribution in [2.24, 2.45) is 0 Å². The number of benzene rings is 2. The summed E-state index contributed by atoms with van der Waals surface area (Å²) in [7, 11) is -2.25. The summed E-state index contributed by atoms with van der Waals surface area (Å²) in [5.74, 6) is -0.344. The Hall–Kier alpha value is -2.64. The van der Waals surface area contributed by atoms with Crippen molar-refractivity contribution in [3.8, 4) is 11.3 Å². The van der Waals surface area contributed by atoms with Gasteiger partial charge in [-0.3, -0.25) is 4.79 Å². The van der Waals surface area contributed by atoms with Crippen LogP contribution in [0.15, 0.2) is 53.4 Å². The van der Waals surface area contributed by atoms with Crippen LogP contribution in [-0.4, -0.2) is 32.5 Å². The SMILES string of the molecule is COC(=O)Cc1c(-c2cccc(S(=O)(=O)NC3CCCCC3)c2)[nH]c2ccccc12. The van der Waals surface area contributed by atoms with E-state index in [2.05, 4.69) is 9.71 Å². The summed E-state index contributed by atoms with van der Waals surface area (Å²) in [5.41, 5.74) is 3.14. The zero-order valence-corrected chi connectivity index (χ0v) is 17.8. The number of sulfonamides is 1. The third-order valence-electron chi connectivity index (χ3n) is 5.72. The fourth-order valence-electron chi connectivity index (χ4n) is 4.17. The molecule has 158 valence electrons. The van der Waals surface area contributed by atoms with Gasteiger partial charge in [-0.25, -0.2) is 13.1 Å². The van der Waals surface area contributed by atoms with Crippen LogP contribution < -0.4 is 4.72 Å². The largest absolute Gasteiger partial charge is 0.469 e. The molecule has 0 atom stereocenters. The normalized spacial score (nSPS) is 15.4. The zero-order valence-electron chi connectivity index (χ0n) is 17.0. The van der Waals surface area contributed by atoms with Gasteiger partial charge in [-0.15, -0.1) is 0 Å². The summed E-state index contributed by atoms with van der Waals surface area (Å²) < 4.78 is 33.7. The third kappa shape index (κ3) is 4.27. The summed E-state index contributed by atoms with van der Waals surface area (Å²) in [5, 5.41) is 0.923. The van der Waals surface area contributed by atoms with Crippen molar-refractivity contribution >= 4 is 26.9 Å². The number of esters is 1. The number of fused-ring (bicyclic) bond motifs is 1. The molecule has 0 saturated heterocycles. The predicted molar refractivity (Wildman–Crippen MR) is 117 cm³/mol. The van der Waals surface area contributed by atoms with E-state index >= 15 is 0 Å². The van der Waals surface area contributed by atoms with Crippen molar-refractivity contribution in [2.45, 2.75) is 49.5 Å². The molecule has 0 unspecified atom stereocenters. The number of H-pyrrole nitrogens is 1. The van der Waals surface area contributed by atoms with Gasteiger partial charge in [0.1, 0.15) is 0 Å². The second-order valence-corrected chi connectivity index (χ2v) is 9.48. The Bertz CT molecular complexity index is 1160. The van der Waals surface area contributed by atoms with E-state index in [0.29, 0.717) is 0 Å². The minimum atomic E-state index is -3.62. The van der Waals surface area contributed by atoms with E-state index in [1.54, 1.807) is 18.2 Å². The van der Waals surface area contributed by atoms with Gasteiger partial charge < -0.3 is 9.72 Å². The highest BCUT2D eigenvalue weighted by atomic mass is 32.2. The number of hydrogen-bond donors (Lipinski definition) is 2. The van der Waals surface area contributed by atoms with Gasteiger partial charge in [0.25, 0.3) is 0 Å². The van der Waals surface area contributed by atoms with Crippen LogP contribution in [-0.2, 0) is 26.0 Å². The number of methoxy groups -OCH3 is 1. The number of nitrogens with one attached hydrogen (secondary N) is 2. The molecule has 2 aromatic carbocycles. The van der Waals surface area contributed by atoms with Crippen LogP contribution in [0.2, 0.25) is 0 Å². The first-order valence-corrected chi connectivity index (χ1v) is 11.8. The lowest BCUT2D eigenvalue weighted by Crippen LogP contribution is -2.36. The Labute approximate surface area is 176 Å². The zero-order chi connectivity index (χ0) is 21.1. The second-order valence-electron chi connectivity index (χ2n) is 7.76. The van der Waals surface area contributed by atoms with Crippen LogP contribution in [0.4, 0.5) is 0 Å². The summed E-state index contributed by atoms with van der Waals surface area (Å²) in [6, 6.07) is 14.6. The van der Waals surface area contributed by atoms with Crippen LogP contribution in [0.25, 0.3) is 22.2 Å². The smallest absolute Gasteiger partial charge is 0.310 e. The quantitative estimate of drug-likeness (QED) is 0.579. The lowest BCUT2D eigenvalue weighted by atomic mass is 9.96. The van der Waals surface area contributed by atoms with Gasteiger partial charge >= 0.3 is 5.97 Å². The maximum Gasteiger partial charge on any atom is 0.310 e. The summed E-state index contributed by atoms with van der Waals surface area (Å²) in [4.78, 5) is 15.6. The van der Waals surface area contributed by atoms with Crippen LogP contribution in [0, 0.1) is 0 Å². The van der Waals surface area contributed by atoms with Crippen molar-refractivity contribution in [2.75, 3.05) is 7.11 Å². The van der Waals surface area contributed by atoms with Gasteiger partial charge in [-0.05, 0) is 42.2 Å². The number of para-hydroxylation sites is 1. The molecule has 0 bridgehead atoms. The van der Waals surface area contributed by atoms with E-state index in [4.69, 9.17) is 4.74 Å². The summed E-state index contributed by atoms with van der Waals surface area (Å²) in [6.45, 7) is 0. The van der Waals surface area contributed by atoms with Crippen LogP contribution in [0.3, 0.4) is 0 Å². The topological polar surface area (TPSA) is 88.3 Å². The van der Waals surface area contributed by atoms with Crippen LogP contribution >= 0.6 is 0 Å². The minimum absolute atomic E-state index is 0.00429. The Morgan fingerprint density at radius 3 is 2.63 bits per heavy atom. The summed E-state index contributed by atoms with van der Waals surface area (Å²) in [6.07, 6.45) is 5.14. The monoisotopic (exact) mass is 426 g/mol. The van der Waals surface area contributed by atoms with Gasteiger partial charge in [0.2, 0.25) is 10.0 Å². The molecule has 1 aromatic heterocycles. The molecule has 7 heteroatoms. The highest BCUT2D eigenvalue weighted by Gasteiger charge is 2.23. The minimum Gasteiger partial charge on any atom is -0.469 e. The van der Waals surface area contributed by atoms with Crippen LogP contribution in [0.5, 0.6) is 0 Å². The highest BCUT2D eigenvalue weighted by molar-refractivity contribution is 7.89. The second kappa shape index (κ2) is 8.62. The number of carbonyl (C=O) groups excluding carboxylic acids is 1. The first-order valence-electron chi connectivity index (χ1n) is 10.3. The van der Waals surface area contributed by atoms with Gasteiger partial charge in [0.05, 0.1) is 24.1 Å². The fourth-order valence-corrected chi connectivity index (χ4v) is 5.52. The van der Waals surface area contributed by atoms with Gasteiger partial charge in [-0.2, -0.15) is 0 Å². The Morgan fingerprint density at radius 2 is 1.87 bits per heavy atom. The highest BCUT2D eigenvalue weighted by Crippen LogP contribution is 2.32. The van der Waals surface area contributed by atoms with Crippen molar-refractivity contribution in [3.05, 3.63) is 54.1 Å². The first kappa shape index (κ1) is 20.6. The maximum absolute atomic E-state index is 13.0. The van der Waals surface area contributed by atoms with Crippen molar-refractivity contribution in [1.29, 1.82) is 0 Å². The van der Waals surface area contributed by atoms with Gasteiger partial charge in [-0.1, -0.05) is 49.6 Å². The maximum atomic E-state index is 13.0. The number of ether oxygens (including phenoxy) is 1. The molecule has 2 N–H and O–H groups in total. The number of aromatic nitrogens is 1. The van der Waals surface area contributed by atoms with E-state index in [9.17, 15) is 13.2 Å². The molecule has 0 aliphatic heterocycles. The Balaban J connectivity index is 1.72. The molecule has 1 saturated carbocycles. The molecule has 1 aliphatic carbocycles.